The molecule has 8 heteroatoms. The first-order valence-electron chi connectivity index (χ1n) is 12.5. The zero-order valence-electron chi connectivity index (χ0n) is 20.8. The van der Waals surface area contributed by atoms with Crippen LogP contribution in [-0.2, 0) is 27.3 Å². The number of esters is 1. The molecule has 2 fully saturated rings. The number of imide groups is 1. The van der Waals surface area contributed by atoms with Crippen molar-refractivity contribution in [3.05, 3.63) is 71.4 Å². The molecule has 0 unspecified atom stereocenters. The highest BCUT2D eigenvalue weighted by Crippen LogP contribution is 2.38. The average Bonchev–Trinajstić information content (AvgIpc) is 3.31. The number of rotatable bonds is 7. The summed E-state index contributed by atoms with van der Waals surface area (Å²) in [5.41, 5.74) is 3.72. The smallest absolute Gasteiger partial charge is 0.328 e. The van der Waals surface area contributed by atoms with Crippen LogP contribution in [0.5, 0.6) is 0 Å². The Bertz CT molecular complexity index is 1280. The second-order valence-electron chi connectivity index (χ2n) is 9.72. The van der Waals surface area contributed by atoms with E-state index in [0.29, 0.717) is 38.9 Å². The number of hydrogen-bond acceptors (Lipinski definition) is 5. The van der Waals surface area contributed by atoms with Gasteiger partial charge in [-0.3, -0.25) is 19.4 Å². The number of amides is 3. The van der Waals surface area contributed by atoms with Crippen LogP contribution in [0.2, 0.25) is 0 Å². The molecule has 0 saturated carbocycles. The Kier molecular flexibility index (Phi) is 6.53. The zero-order chi connectivity index (χ0) is 25.3. The van der Waals surface area contributed by atoms with Crippen molar-refractivity contribution in [1.82, 2.24) is 19.7 Å². The number of benzene rings is 2. The molecule has 2 aliphatic heterocycles. The minimum atomic E-state index is -0.925. The van der Waals surface area contributed by atoms with Crippen LogP contribution in [-0.4, -0.2) is 76.4 Å². The van der Waals surface area contributed by atoms with Crippen molar-refractivity contribution < 1.29 is 19.1 Å². The van der Waals surface area contributed by atoms with Gasteiger partial charge in [0, 0.05) is 42.8 Å². The van der Waals surface area contributed by atoms with Gasteiger partial charge in [-0.1, -0.05) is 48.5 Å². The van der Waals surface area contributed by atoms with E-state index >= 15 is 0 Å². The molecule has 1 aromatic heterocycles. The van der Waals surface area contributed by atoms with Gasteiger partial charge >= 0.3 is 12.0 Å². The average molecular weight is 489 g/mol. The molecule has 8 nitrogen and oxygen atoms in total. The van der Waals surface area contributed by atoms with Gasteiger partial charge in [-0.05, 0) is 43.4 Å². The number of para-hydroxylation sites is 1. The van der Waals surface area contributed by atoms with Crippen molar-refractivity contribution in [2.75, 3.05) is 33.3 Å². The molecule has 1 N–H and O–H groups in total. The second-order valence-corrected chi connectivity index (χ2v) is 9.72. The molecular formula is C28H32N4O4. The summed E-state index contributed by atoms with van der Waals surface area (Å²) in [5, 5.41) is 1.22. The van der Waals surface area contributed by atoms with E-state index in [1.165, 1.54) is 18.1 Å². The van der Waals surface area contributed by atoms with Gasteiger partial charge in [0.2, 0.25) is 0 Å². The highest BCUT2D eigenvalue weighted by molar-refractivity contribution is 6.08. The van der Waals surface area contributed by atoms with Crippen molar-refractivity contribution in [3.63, 3.8) is 0 Å². The monoisotopic (exact) mass is 488 g/mol. The van der Waals surface area contributed by atoms with Crippen LogP contribution >= 0.6 is 0 Å². The van der Waals surface area contributed by atoms with E-state index in [4.69, 9.17) is 4.74 Å². The first kappa shape index (κ1) is 24.1. The molecule has 0 radical (unpaired) electrons. The maximum Gasteiger partial charge on any atom is 0.328 e. The topological polar surface area (TPSA) is 85.9 Å². The highest BCUT2D eigenvalue weighted by atomic mass is 16.5. The molecule has 1 spiro atoms. The van der Waals surface area contributed by atoms with Crippen molar-refractivity contribution in [2.24, 2.45) is 0 Å². The van der Waals surface area contributed by atoms with Gasteiger partial charge in [-0.15, -0.1) is 0 Å². The summed E-state index contributed by atoms with van der Waals surface area (Å²) in [5.74, 6) is -0.877. The summed E-state index contributed by atoms with van der Waals surface area (Å²) < 4.78 is 4.76. The van der Waals surface area contributed by atoms with Gasteiger partial charge in [0.15, 0.2) is 0 Å². The molecule has 0 bridgehead atoms. The number of carbonyl (C=O) groups is 3. The third-order valence-electron chi connectivity index (χ3n) is 7.70. The Morgan fingerprint density at radius 3 is 2.44 bits per heavy atom. The van der Waals surface area contributed by atoms with E-state index in [1.54, 1.807) is 4.90 Å². The Hall–Kier alpha value is -3.65. The Labute approximate surface area is 210 Å². The Morgan fingerprint density at radius 1 is 1.03 bits per heavy atom. The number of aromatic nitrogens is 1. The SMILES string of the molecule is COC(=O)CN1C(=O)N(CCc2ccccc2)C2(CCN(Cc3c(C)[nH]c4ccccc34)CC2)C1=O. The zero-order valence-corrected chi connectivity index (χ0v) is 20.8. The lowest BCUT2D eigenvalue weighted by atomic mass is 9.85. The van der Waals surface area contributed by atoms with E-state index < -0.39 is 17.5 Å². The number of piperidine rings is 1. The summed E-state index contributed by atoms with van der Waals surface area (Å²) in [6, 6.07) is 17.8. The van der Waals surface area contributed by atoms with Crippen LogP contribution in [0.15, 0.2) is 54.6 Å². The number of H-pyrrole nitrogens is 1. The van der Waals surface area contributed by atoms with Crippen LogP contribution in [0.1, 0.15) is 29.7 Å². The number of urea groups is 1. The Morgan fingerprint density at radius 2 is 1.72 bits per heavy atom. The number of methoxy groups -OCH3 is 1. The summed E-state index contributed by atoms with van der Waals surface area (Å²) in [7, 11) is 1.27. The molecule has 2 aliphatic rings. The van der Waals surface area contributed by atoms with E-state index in [0.717, 1.165) is 28.2 Å². The third kappa shape index (κ3) is 4.26. The molecule has 0 atom stereocenters. The summed E-state index contributed by atoms with van der Waals surface area (Å²) >= 11 is 0. The minimum Gasteiger partial charge on any atom is -0.468 e. The van der Waals surface area contributed by atoms with Crippen LogP contribution in [0, 0.1) is 6.92 Å². The van der Waals surface area contributed by atoms with Gasteiger partial charge in [-0.2, -0.15) is 0 Å². The predicted octanol–water partition coefficient (Wildman–Crippen LogP) is 3.49. The molecule has 3 heterocycles. The van der Waals surface area contributed by atoms with E-state index in [2.05, 4.69) is 28.9 Å². The lowest BCUT2D eigenvalue weighted by molar-refractivity contribution is -0.146. The summed E-state index contributed by atoms with van der Waals surface area (Å²) in [6.45, 7) is 4.32. The molecule has 2 saturated heterocycles. The number of aromatic amines is 1. The van der Waals surface area contributed by atoms with E-state index in [-0.39, 0.29) is 12.5 Å². The summed E-state index contributed by atoms with van der Waals surface area (Å²) in [4.78, 5) is 47.6. The molecule has 36 heavy (non-hydrogen) atoms. The maximum absolute atomic E-state index is 13.7. The van der Waals surface area contributed by atoms with E-state index in [9.17, 15) is 14.4 Å². The van der Waals surface area contributed by atoms with Crippen LogP contribution in [0.25, 0.3) is 10.9 Å². The van der Waals surface area contributed by atoms with Gasteiger partial charge in [-0.25, -0.2) is 4.79 Å². The third-order valence-corrected chi connectivity index (χ3v) is 7.70. The fourth-order valence-electron chi connectivity index (χ4n) is 5.64. The number of aryl methyl sites for hydroxylation is 1. The molecule has 0 aliphatic carbocycles. The molecule has 5 rings (SSSR count). The highest BCUT2D eigenvalue weighted by Gasteiger charge is 2.58. The normalized spacial score (nSPS) is 17.9. The van der Waals surface area contributed by atoms with Crippen molar-refractivity contribution >= 4 is 28.8 Å². The number of hydrogen-bond donors (Lipinski definition) is 1. The van der Waals surface area contributed by atoms with Crippen molar-refractivity contribution in [2.45, 2.75) is 38.3 Å². The number of nitrogens with zero attached hydrogens (tertiary/aromatic N) is 3. The molecule has 3 aromatic rings. The molecule has 2 aromatic carbocycles. The lowest BCUT2D eigenvalue weighted by Crippen LogP contribution is -2.56. The standard InChI is InChI=1S/C28H32N4O4/c1-20-23(22-10-6-7-11-24(22)29-20)18-30-16-13-28(14-17-30)26(34)31(19-25(33)36-2)27(35)32(28)15-12-21-8-4-3-5-9-21/h3-11,29H,12-19H2,1-2H3. The number of nitrogens with one attached hydrogen (secondary N) is 1. The van der Waals surface area contributed by atoms with Gasteiger partial charge in [0.1, 0.15) is 12.1 Å². The fraction of sp³-hybridized carbons (Fsp3) is 0.393. The first-order chi connectivity index (χ1) is 17.4. The molecule has 188 valence electrons. The predicted molar refractivity (Wildman–Crippen MR) is 136 cm³/mol. The number of fused-ring (bicyclic) bond motifs is 1. The Balaban J connectivity index is 1.35. The largest absolute Gasteiger partial charge is 0.468 e. The molecular weight excluding hydrogens is 456 g/mol. The van der Waals surface area contributed by atoms with Gasteiger partial charge in [0.25, 0.3) is 5.91 Å². The summed E-state index contributed by atoms with van der Waals surface area (Å²) in [6.07, 6.45) is 1.71. The number of ether oxygens (including phenoxy) is 1. The maximum atomic E-state index is 13.7. The fourth-order valence-corrected chi connectivity index (χ4v) is 5.64. The van der Waals surface area contributed by atoms with Crippen molar-refractivity contribution in [1.29, 1.82) is 0 Å². The van der Waals surface area contributed by atoms with Crippen LogP contribution in [0.4, 0.5) is 4.79 Å². The second kappa shape index (κ2) is 9.78. The minimum absolute atomic E-state index is 0.283. The number of likely N-dealkylation sites (tertiary alicyclic amines) is 1. The van der Waals surface area contributed by atoms with Crippen LogP contribution < -0.4 is 0 Å². The van der Waals surface area contributed by atoms with Gasteiger partial charge in [0.05, 0.1) is 7.11 Å². The number of carbonyl (C=O) groups excluding carboxylic acids is 3. The molecule has 3 amide bonds. The lowest BCUT2D eigenvalue weighted by Gasteiger charge is -2.42. The van der Waals surface area contributed by atoms with Crippen LogP contribution in [0.3, 0.4) is 0 Å². The van der Waals surface area contributed by atoms with E-state index in [1.807, 2.05) is 42.5 Å². The van der Waals surface area contributed by atoms with Gasteiger partial charge < -0.3 is 14.6 Å². The van der Waals surface area contributed by atoms with Crippen molar-refractivity contribution in [3.8, 4) is 0 Å². The first-order valence-corrected chi connectivity index (χ1v) is 12.5. The quantitative estimate of drug-likeness (QED) is 0.407.